The van der Waals surface area contributed by atoms with Crippen molar-refractivity contribution >= 4 is 17.9 Å². The zero-order chi connectivity index (χ0) is 56.2. The molecule has 0 fully saturated rings. The summed E-state index contributed by atoms with van der Waals surface area (Å²) in [6.45, 7) is 4.76. The number of rotatable bonds is 64. The van der Waals surface area contributed by atoms with Crippen LogP contribution in [0.2, 0.25) is 0 Å². The summed E-state index contributed by atoms with van der Waals surface area (Å²) in [6.07, 6.45) is 69.1. The smallest absolute Gasteiger partial charge is 0.306 e. The number of carbonyl (C=O) groups excluding carboxylic acids is 3. The third-order valence-electron chi connectivity index (χ3n) is 15.5. The van der Waals surface area contributed by atoms with E-state index in [2.05, 4.69) is 26.0 Å². The minimum Gasteiger partial charge on any atom is -0.545 e. The molecule has 0 aliphatic carbocycles. The lowest BCUT2D eigenvalue weighted by Crippen LogP contribution is -2.44. The van der Waals surface area contributed by atoms with Gasteiger partial charge in [0, 0.05) is 12.8 Å². The maximum absolute atomic E-state index is 12.8. The summed E-state index contributed by atoms with van der Waals surface area (Å²) in [5, 5.41) is 11.8. The van der Waals surface area contributed by atoms with Crippen molar-refractivity contribution in [2.75, 3.05) is 47.5 Å². The largest absolute Gasteiger partial charge is 0.545 e. The molecule has 456 valence electrons. The Morgan fingerprint density at radius 1 is 0.377 bits per heavy atom. The Labute approximate surface area is 478 Å². The van der Waals surface area contributed by atoms with Crippen LogP contribution in [0.3, 0.4) is 0 Å². The standard InChI is InChI=1S/C68H131NO8/c1-6-8-10-12-14-16-18-20-21-22-23-24-25-26-27-28-29-30-31-32-33-34-35-36-37-38-39-40-41-42-43-44-45-46-47-49-50-52-54-56-58-65(70)75-62-64(63-76-68(67(72)73)74-61-60-69(3,4)5)77-66(71)59-57-55-53-51-48-19-17-15-13-11-9-7-2/h15,17,64,68H,6-14,16,18-63H2,1-5H3/b17-15-. The van der Waals surface area contributed by atoms with Gasteiger partial charge in [0.05, 0.1) is 40.3 Å². The van der Waals surface area contributed by atoms with Crippen LogP contribution in [-0.4, -0.2) is 82.3 Å². The molecular formula is C68H131NO8. The highest BCUT2D eigenvalue weighted by Gasteiger charge is 2.22. The lowest BCUT2D eigenvalue weighted by atomic mass is 10.0. The number of carboxylic acids is 1. The van der Waals surface area contributed by atoms with E-state index in [0.29, 0.717) is 23.9 Å². The molecule has 0 rings (SSSR count). The molecule has 2 atom stereocenters. The molecule has 0 amide bonds. The number of hydrogen-bond donors (Lipinski definition) is 0. The zero-order valence-corrected chi connectivity index (χ0v) is 52.1. The second-order valence-electron chi connectivity index (χ2n) is 24.5. The van der Waals surface area contributed by atoms with Crippen LogP contribution >= 0.6 is 0 Å². The van der Waals surface area contributed by atoms with E-state index in [1.54, 1.807) is 0 Å². The van der Waals surface area contributed by atoms with E-state index in [1.165, 1.54) is 263 Å². The van der Waals surface area contributed by atoms with Gasteiger partial charge >= 0.3 is 11.9 Å². The van der Waals surface area contributed by atoms with Crippen molar-refractivity contribution in [3.63, 3.8) is 0 Å². The molecule has 0 saturated carbocycles. The Kier molecular flexibility index (Phi) is 58.6. The first-order valence-corrected chi connectivity index (χ1v) is 33.8. The first-order chi connectivity index (χ1) is 37.6. The summed E-state index contributed by atoms with van der Waals surface area (Å²) in [7, 11) is 5.93. The number of esters is 2. The van der Waals surface area contributed by atoms with Crippen molar-refractivity contribution in [1.82, 2.24) is 0 Å². The van der Waals surface area contributed by atoms with Crippen LogP contribution in [0.5, 0.6) is 0 Å². The molecule has 2 unspecified atom stereocenters. The summed E-state index contributed by atoms with van der Waals surface area (Å²) in [5.41, 5.74) is 0. The van der Waals surface area contributed by atoms with Crippen LogP contribution in [-0.2, 0) is 33.3 Å². The summed E-state index contributed by atoms with van der Waals surface area (Å²) in [5.74, 6) is -2.27. The number of likely N-dealkylation sites (N-methyl/N-ethyl adjacent to an activating group) is 1. The van der Waals surface area contributed by atoms with Gasteiger partial charge in [-0.15, -0.1) is 0 Å². The van der Waals surface area contributed by atoms with Crippen LogP contribution in [0, 0.1) is 0 Å². The Bertz CT molecular complexity index is 1270. The van der Waals surface area contributed by atoms with Gasteiger partial charge in [-0.05, 0) is 38.5 Å². The number of aliphatic carboxylic acids is 1. The topological polar surface area (TPSA) is 111 Å². The predicted octanol–water partition coefficient (Wildman–Crippen LogP) is 19.1. The fourth-order valence-electron chi connectivity index (χ4n) is 10.3. The molecule has 77 heavy (non-hydrogen) atoms. The lowest BCUT2D eigenvalue weighted by molar-refractivity contribution is -0.870. The van der Waals surface area contributed by atoms with E-state index in [0.717, 1.165) is 51.4 Å². The Morgan fingerprint density at radius 3 is 0.987 bits per heavy atom. The number of unbranched alkanes of at least 4 members (excludes halogenated alkanes) is 47. The van der Waals surface area contributed by atoms with Crippen molar-refractivity contribution in [3.8, 4) is 0 Å². The van der Waals surface area contributed by atoms with Crippen molar-refractivity contribution in [2.24, 2.45) is 0 Å². The minimum absolute atomic E-state index is 0.149. The lowest BCUT2D eigenvalue weighted by Gasteiger charge is -2.26. The van der Waals surface area contributed by atoms with Crippen molar-refractivity contribution in [2.45, 2.75) is 360 Å². The molecule has 0 N–H and O–H groups in total. The van der Waals surface area contributed by atoms with E-state index < -0.39 is 24.3 Å². The summed E-state index contributed by atoms with van der Waals surface area (Å²) in [4.78, 5) is 37.2. The van der Waals surface area contributed by atoms with Crippen molar-refractivity contribution < 1.29 is 42.9 Å². The molecule has 0 aromatic rings. The first-order valence-electron chi connectivity index (χ1n) is 33.8. The third kappa shape index (κ3) is 61.5. The van der Waals surface area contributed by atoms with Gasteiger partial charge in [0.15, 0.2) is 12.4 Å². The fourth-order valence-corrected chi connectivity index (χ4v) is 10.3. The molecular weight excluding hydrogens is 959 g/mol. The number of carboxylic acid groups (broad SMARTS) is 1. The van der Waals surface area contributed by atoms with Gasteiger partial charge in [0.2, 0.25) is 0 Å². The molecule has 0 radical (unpaired) electrons. The SMILES string of the molecule is CCCCC/C=C\CCCCCCCC(=O)OC(COC(=O)CCCCCCCCCCCCCCCCCCCCCCCCCCCCCCCCCCCCCCCCCC)COC(OCC[N+](C)(C)C)C(=O)[O-]. The number of allylic oxidation sites excluding steroid dienone is 2. The van der Waals surface area contributed by atoms with Crippen molar-refractivity contribution in [3.05, 3.63) is 12.2 Å². The molecule has 0 aliphatic heterocycles. The monoisotopic (exact) mass is 1090 g/mol. The normalized spacial score (nSPS) is 12.7. The molecule has 0 aromatic heterocycles. The molecule has 0 bridgehead atoms. The second-order valence-corrected chi connectivity index (χ2v) is 24.5. The van der Waals surface area contributed by atoms with Crippen LogP contribution in [0.25, 0.3) is 0 Å². The van der Waals surface area contributed by atoms with Crippen LogP contribution in [0.1, 0.15) is 348 Å². The number of carbonyl (C=O) groups is 3. The average molecular weight is 1090 g/mol. The highest BCUT2D eigenvalue weighted by atomic mass is 16.7. The van der Waals surface area contributed by atoms with Gasteiger partial charge in [-0.3, -0.25) is 9.59 Å². The number of nitrogens with zero attached hydrogens (tertiary/aromatic N) is 1. The average Bonchev–Trinajstić information content (AvgIpc) is 3.40. The summed E-state index contributed by atoms with van der Waals surface area (Å²) in [6, 6.07) is 0. The molecule has 9 nitrogen and oxygen atoms in total. The van der Waals surface area contributed by atoms with Crippen LogP contribution < -0.4 is 5.11 Å². The number of hydrogen-bond acceptors (Lipinski definition) is 8. The highest BCUT2D eigenvalue weighted by Crippen LogP contribution is 2.19. The molecule has 0 spiro atoms. The van der Waals surface area contributed by atoms with Gasteiger partial charge in [0.1, 0.15) is 13.2 Å². The van der Waals surface area contributed by atoms with Gasteiger partial charge in [-0.25, -0.2) is 0 Å². The van der Waals surface area contributed by atoms with Gasteiger partial charge < -0.3 is 33.3 Å². The number of quaternary nitrogens is 1. The molecule has 0 heterocycles. The predicted molar refractivity (Wildman–Crippen MR) is 325 cm³/mol. The molecule has 0 aliphatic rings. The molecule has 9 heteroatoms. The minimum atomic E-state index is -1.62. The zero-order valence-electron chi connectivity index (χ0n) is 52.1. The first kappa shape index (κ1) is 75.0. The Hall–Kier alpha value is -1.97. The Balaban J connectivity index is 3.82. The van der Waals surface area contributed by atoms with Crippen LogP contribution in [0.15, 0.2) is 12.2 Å². The fraction of sp³-hybridized carbons (Fsp3) is 0.926. The van der Waals surface area contributed by atoms with Gasteiger partial charge in [-0.1, -0.05) is 309 Å². The van der Waals surface area contributed by atoms with Gasteiger partial charge in [0.25, 0.3) is 0 Å². The molecule has 0 aromatic carbocycles. The number of ether oxygens (including phenoxy) is 4. The highest BCUT2D eigenvalue weighted by molar-refractivity contribution is 5.70. The third-order valence-corrected chi connectivity index (χ3v) is 15.5. The van der Waals surface area contributed by atoms with E-state index in [1.807, 2.05) is 21.1 Å². The Morgan fingerprint density at radius 2 is 0.662 bits per heavy atom. The maximum atomic E-state index is 12.8. The van der Waals surface area contributed by atoms with Gasteiger partial charge in [-0.2, -0.15) is 0 Å². The summed E-state index contributed by atoms with van der Waals surface area (Å²) >= 11 is 0. The molecule has 0 saturated heterocycles. The quantitative estimate of drug-likeness (QED) is 0.0195. The van der Waals surface area contributed by atoms with E-state index in [4.69, 9.17) is 18.9 Å². The van der Waals surface area contributed by atoms with E-state index in [-0.39, 0.29) is 32.2 Å². The van der Waals surface area contributed by atoms with Crippen molar-refractivity contribution in [1.29, 1.82) is 0 Å². The van der Waals surface area contributed by atoms with E-state index in [9.17, 15) is 19.5 Å². The maximum Gasteiger partial charge on any atom is 0.306 e. The second kappa shape index (κ2) is 60.1. The summed E-state index contributed by atoms with van der Waals surface area (Å²) < 4.78 is 22.7. The van der Waals surface area contributed by atoms with Crippen LogP contribution in [0.4, 0.5) is 0 Å². The van der Waals surface area contributed by atoms with E-state index >= 15 is 0 Å².